The number of thiocarbonyl (C=S) groups is 1. The van der Waals surface area contributed by atoms with Gasteiger partial charge in [0.15, 0.2) is 5.11 Å². The molecule has 0 unspecified atom stereocenters. The Hall–Kier alpha value is -2.80. The molecule has 0 aliphatic carbocycles. The van der Waals surface area contributed by atoms with Crippen LogP contribution in [0.1, 0.15) is 27.2 Å². The van der Waals surface area contributed by atoms with Crippen molar-refractivity contribution in [1.29, 1.82) is 0 Å². The van der Waals surface area contributed by atoms with Gasteiger partial charge in [-0.1, -0.05) is 6.07 Å². The molecule has 156 valence electrons. The third-order valence-electron chi connectivity index (χ3n) is 4.28. The van der Waals surface area contributed by atoms with Crippen molar-refractivity contribution in [2.45, 2.75) is 27.2 Å². The second-order valence-electron chi connectivity index (χ2n) is 6.51. The lowest BCUT2D eigenvalue weighted by Crippen LogP contribution is -2.30. The van der Waals surface area contributed by atoms with Gasteiger partial charge in [-0.2, -0.15) is 0 Å². The molecule has 0 bridgehead atoms. The van der Waals surface area contributed by atoms with Crippen LogP contribution in [0.25, 0.3) is 0 Å². The minimum atomic E-state index is -0.102. The summed E-state index contributed by atoms with van der Waals surface area (Å²) >= 11 is 5.35. The van der Waals surface area contributed by atoms with Crippen molar-refractivity contribution in [3.8, 4) is 5.75 Å². The zero-order valence-electron chi connectivity index (χ0n) is 17.3. The summed E-state index contributed by atoms with van der Waals surface area (Å²) in [6.45, 7) is 9.02. The maximum atomic E-state index is 11.1. The van der Waals surface area contributed by atoms with Gasteiger partial charge in [0.1, 0.15) is 5.75 Å². The zero-order chi connectivity index (χ0) is 21.1. The number of carbonyl (C=O) groups is 1. The summed E-state index contributed by atoms with van der Waals surface area (Å²) in [6, 6.07) is 15.6. The van der Waals surface area contributed by atoms with E-state index < -0.39 is 0 Å². The van der Waals surface area contributed by atoms with Gasteiger partial charge in [0.2, 0.25) is 5.91 Å². The van der Waals surface area contributed by atoms with Crippen LogP contribution >= 0.6 is 12.2 Å². The second kappa shape index (κ2) is 11.9. The number of carbonyl (C=O) groups excluding carboxylic acids is 1. The molecule has 0 radical (unpaired) electrons. The first-order chi connectivity index (χ1) is 14.0. The largest absolute Gasteiger partial charge is 0.493 e. The highest BCUT2D eigenvalue weighted by Gasteiger charge is 2.03. The topological polar surface area (TPSA) is 65.6 Å². The molecule has 0 aliphatic rings. The second-order valence-corrected chi connectivity index (χ2v) is 6.92. The maximum absolute atomic E-state index is 11.1. The predicted octanol–water partition coefficient (Wildman–Crippen LogP) is 4.25. The Morgan fingerprint density at radius 2 is 1.76 bits per heavy atom. The Morgan fingerprint density at radius 3 is 2.41 bits per heavy atom. The first-order valence-corrected chi connectivity index (χ1v) is 10.3. The molecule has 7 heteroatoms. The number of nitrogens with one attached hydrogen (secondary N) is 3. The molecule has 0 atom stereocenters. The van der Waals surface area contributed by atoms with E-state index in [0.717, 1.165) is 36.6 Å². The zero-order valence-corrected chi connectivity index (χ0v) is 18.1. The van der Waals surface area contributed by atoms with E-state index >= 15 is 0 Å². The van der Waals surface area contributed by atoms with Crippen molar-refractivity contribution < 1.29 is 9.53 Å². The summed E-state index contributed by atoms with van der Waals surface area (Å²) in [5, 5.41) is 9.72. The summed E-state index contributed by atoms with van der Waals surface area (Å²) in [5.41, 5.74) is 2.90. The highest BCUT2D eigenvalue weighted by Crippen LogP contribution is 2.18. The van der Waals surface area contributed by atoms with Gasteiger partial charge in [-0.3, -0.25) is 4.79 Å². The lowest BCUT2D eigenvalue weighted by atomic mass is 10.2. The molecule has 3 N–H and O–H groups in total. The van der Waals surface area contributed by atoms with Crippen LogP contribution in [0.3, 0.4) is 0 Å². The number of amides is 1. The number of ether oxygens (including phenoxy) is 1. The molecule has 0 heterocycles. The fourth-order valence-corrected chi connectivity index (χ4v) is 3.07. The van der Waals surface area contributed by atoms with Crippen LogP contribution in [0.15, 0.2) is 48.5 Å². The van der Waals surface area contributed by atoms with Gasteiger partial charge in [-0.15, -0.1) is 0 Å². The number of benzene rings is 2. The maximum Gasteiger partial charge on any atom is 0.221 e. The molecule has 0 aliphatic heterocycles. The van der Waals surface area contributed by atoms with E-state index in [2.05, 4.69) is 46.8 Å². The third kappa shape index (κ3) is 7.99. The standard InChI is InChI=1S/C22H30N4O2S/c1-4-26(5-2)20-12-10-18(11-13-20)25-22(29)23-14-7-15-28-21-9-6-8-19(16-21)24-17(3)27/h6,8-13,16H,4-5,7,14-15H2,1-3H3,(H,24,27)(H2,23,25,29). The Bertz CT molecular complexity index is 792. The fourth-order valence-electron chi connectivity index (χ4n) is 2.85. The molecule has 0 aromatic heterocycles. The van der Waals surface area contributed by atoms with Crippen molar-refractivity contribution >= 4 is 40.3 Å². The van der Waals surface area contributed by atoms with Crippen LogP contribution in [-0.2, 0) is 4.79 Å². The summed E-state index contributed by atoms with van der Waals surface area (Å²) in [7, 11) is 0. The summed E-state index contributed by atoms with van der Waals surface area (Å²) in [6.07, 6.45) is 0.799. The van der Waals surface area contributed by atoms with E-state index in [1.54, 1.807) is 0 Å². The lowest BCUT2D eigenvalue weighted by molar-refractivity contribution is -0.114. The van der Waals surface area contributed by atoms with Gasteiger partial charge in [0.25, 0.3) is 0 Å². The first-order valence-electron chi connectivity index (χ1n) is 9.92. The van der Waals surface area contributed by atoms with Crippen LogP contribution in [0.4, 0.5) is 17.1 Å². The van der Waals surface area contributed by atoms with Crippen LogP contribution in [0, 0.1) is 0 Å². The molecule has 0 fully saturated rings. The van der Waals surface area contributed by atoms with Crippen LogP contribution in [0.2, 0.25) is 0 Å². The van der Waals surface area contributed by atoms with Crippen LogP contribution in [-0.4, -0.2) is 37.3 Å². The molecule has 0 spiro atoms. The van der Waals surface area contributed by atoms with Gasteiger partial charge in [0.05, 0.1) is 6.61 Å². The summed E-state index contributed by atoms with van der Waals surface area (Å²) in [5.74, 6) is 0.625. The van der Waals surface area contributed by atoms with E-state index in [0.29, 0.717) is 18.3 Å². The molecule has 0 saturated heterocycles. The van der Waals surface area contributed by atoms with E-state index in [9.17, 15) is 4.79 Å². The lowest BCUT2D eigenvalue weighted by Gasteiger charge is -2.21. The third-order valence-corrected chi connectivity index (χ3v) is 4.53. The van der Waals surface area contributed by atoms with Crippen LogP contribution in [0.5, 0.6) is 5.75 Å². The molecular weight excluding hydrogens is 384 g/mol. The Kier molecular flexibility index (Phi) is 9.24. The quantitative estimate of drug-likeness (QED) is 0.399. The summed E-state index contributed by atoms with van der Waals surface area (Å²) < 4.78 is 5.73. The predicted molar refractivity (Wildman–Crippen MR) is 125 cm³/mol. The van der Waals surface area contributed by atoms with E-state index in [1.165, 1.54) is 12.6 Å². The highest BCUT2D eigenvalue weighted by atomic mass is 32.1. The minimum absolute atomic E-state index is 0.102. The SMILES string of the molecule is CCN(CC)c1ccc(NC(=S)NCCCOc2cccc(NC(C)=O)c2)cc1. The molecule has 2 aromatic carbocycles. The van der Waals surface area contributed by atoms with Gasteiger partial charge in [-0.05, 0) is 68.9 Å². The minimum Gasteiger partial charge on any atom is -0.493 e. The summed E-state index contributed by atoms with van der Waals surface area (Å²) in [4.78, 5) is 13.4. The van der Waals surface area contributed by atoms with Gasteiger partial charge in [-0.25, -0.2) is 0 Å². The van der Waals surface area contributed by atoms with Crippen molar-refractivity contribution in [3.05, 3.63) is 48.5 Å². The molecule has 0 saturated carbocycles. The van der Waals surface area contributed by atoms with Crippen LogP contribution < -0.4 is 25.6 Å². The van der Waals surface area contributed by atoms with Gasteiger partial charge < -0.3 is 25.6 Å². The number of hydrogen-bond acceptors (Lipinski definition) is 4. The van der Waals surface area contributed by atoms with Crippen molar-refractivity contribution in [3.63, 3.8) is 0 Å². The first kappa shape index (κ1) is 22.5. The molecule has 6 nitrogen and oxygen atoms in total. The number of rotatable bonds is 10. The highest BCUT2D eigenvalue weighted by molar-refractivity contribution is 7.80. The Balaban J connectivity index is 1.68. The van der Waals surface area contributed by atoms with E-state index in [1.807, 2.05) is 36.4 Å². The Morgan fingerprint density at radius 1 is 1.03 bits per heavy atom. The Labute approximate surface area is 178 Å². The van der Waals surface area contributed by atoms with Crippen molar-refractivity contribution in [1.82, 2.24) is 5.32 Å². The smallest absolute Gasteiger partial charge is 0.221 e. The number of hydrogen-bond donors (Lipinski definition) is 3. The van der Waals surface area contributed by atoms with E-state index in [4.69, 9.17) is 17.0 Å². The number of nitrogens with zero attached hydrogens (tertiary/aromatic N) is 1. The average molecular weight is 415 g/mol. The molecule has 2 rings (SSSR count). The normalized spacial score (nSPS) is 10.2. The molecular formula is C22H30N4O2S. The van der Waals surface area contributed by atoms with Crippen molar-refractivity contribution in [2.75, 3.05) is 41.8 Å². The fraction of sp³-hybridized carbons (Fsp3) is 0.364. The molecule has 29 heavy (non-hydrogen) atoms. The van der Waals surface area contributed by atoms with Gasteiger partial charge >= 0.3 is 0 Å². The monoisotopic (exact) mass is 414 g/mol. The number of anilines is 3. The van der Waals surface area contributed by atoms with Gasteiger partial charge in [0, 0.05) is 49.7 Å². The van der Waals surface area contributed by atoms with Crippen molar-refractivity contribution in [2.24, 2.45) is 0 Å². The van der Waals surface area contributed by atoms with E-state index in [-0.39, 0.29) is 5.91 Å². The molecule has 1 amide bonds. The average Bonchev–Trinajstić information content (AvgIpc) is 2.70. The molecule has 2 aromatic rings.